The highest BCUT2D eigenvalue weighted by Crippen LogP contribution is 2.11. The molecule has 0 bridgehead atoms. The summed E-state index contributed by atoms with van der Waals surface area (Å²) in [5.41, 5.74) is 5.72. The molecule has 1 saturated heterocycles. The van der Waals surface area contributed by atoms with Crippen LogP contribution in [0.5, 0.6) is 0 Å². The minimum absolute atomic E-state index is 0.0702. The van der Waals surface area contributed by atoms with Crippen molar-refractivity contribution in [3.8, 4) is 0 Å². The first-order valence-electron chi connectivity index (χ1n) is 5.76. The maximum Gasteiger partial charge on any atom is 0.237 e. The highest BCUT2D eigenvalue weighted by molar-refractivity contribution is 5.81. The molecule has 0 radical (unpaired) electrons. The van der Waals surface area contributed by atoms with Crippen molar-refractivity contribution in [2.75, 3.05) is 13.2 Å². The molecule has 0 aromatic carbocycles. The zero-order chi connectivity index (χ0) is 11.3. The van der Waals surface area contributed by atoms with E-state index in [4.69, 9.17) is 10.5 Å². The number of carbonyl (C=O) groups excluding carboxylic acids is 1. The van der Waals surface area contributed by atoms with E-state index in [9.17, 15) is 4.79 Å². The molecule has 4 heteroatoms. The lowest BCUT2D eigenvalue weighted by Gasteiger charge is -2.24. The van der Waals surface area contributed by atoms with Crippen molar-refractivity contribution in [1.29, 1.82) is 0 Å². The standard InChI is InChI=1S/C11H22N2O2/c1-8(2)10(12)11(14)13-7-9-5-3-4-6-15-9/h8-10H,3-7,12H2,1-2H3,(H,13,14)/t9?,10-/m0/s1. The molecule has 1 aliphatic heterocycles. The molecule has 0 aliphatic carbocycles. The van der Waals surface area contributed by atoms with E-state index in [1.165, 1.54) is 6.42 Å². The van der Waals surface area contributed by atoms with Gasteiger partial charge in [-0.3, -0.25) is 4.79 Å². The number of ether oxygens (including phenoxy) is 1. The molecule has 1 aliphatic rings. The number of hydrogen-bond acceptors (Lipinski definition) is 3. The Morgan fingerprint density at radius 1 is 1.53 bits per heavy atom. The van der Waals surface area contributed by atoms with E-state index >= 15 is 0 Å². The van der Waals surface area contributed by atoms with E-state index in [2.05, 4.69) is 5.32 Å². The van der Waals surface area contributed by atoms with Gasteiger partial charge in [0.2, 0.25) is 5.91 Å². The van der Waals surface area contributed by atoms with Crippen molar-refractivity contribution in [2.45, 2.75) is 45.3 Å². The Balaban J connectivity index is 2.20. The summed E-state index contributed by atoms with van der Waals surface area (Å²) in [5, 5.41) is 2.84. The lowest BCUT2D eigenvalue weighted by atomic mass is 10.0. The van der Waals surface area contributed by atoms with Gasteiger partial charge in [-0.1, -0.05) is 13.8 Å². The van der Waals surface area contributed by atoms with Crippen LogP contribution >= 0.6 is 0 Å². The summed E-state index contributed by atoms with van der Waals surface area (Å²) >= 11 is 0. The van der Waals surface area contributed by atoms with Gasteiger partial charge < -0.3 is 15.8 Å². The number of nitrogens with one attached hydrogen (secondary N) is 1. The smallest absolute Gasteiger partial charge is 0.237 e. The summed E-state index contributed by atoms with van der Waals surface area (Å²) in [6.45, 7) is 5.30. The van der Waals surface area contributed by atoms with E-state index in [1.807, 2.05) is 13.8 Å². The predicted octanol–water partition coefficient (Wildman–Crippen LogP) is 0.655. The first-order valence-corrected chi connectivity index (χ1v) is 5.76. The average molecular weight is 214 g/mol. The molecule has 0 aromatic rings. The van der Waals surface area contributed by atoms with E-state index < -0.39 is 6.04 Å². The van der Waals surface area contributed by atoms with E-state index in [-0.39, 0.29) is 17.9 Å². The Morgan fingerprint density at radius 2 is 2.27 bits per heavy atom. The van der Waals surface area contributed by atoms with Gasteiger partial charge in [0.15, 0.2) is 0 Å². The lowest BCUT2D eigenvalue weighted by Crippen LogP contribution is -2.46. The second kappa shape index (κ2) is 6.08. The Hall–Kier alpha value is -0.610. The maximum atomic E-state index is 11.5. The molecule has 4 nitrogen and oxygen atoms in total. The largest absolute Gasteiger partial charge is 0.376 e. The fraction of sp³-hybridized carbons (Fsp3) is 0.909. The molecular formula is C11H22N2O2. The normalized spacial score (nSPS) is 23.9. The Morgan fingerprint density at radius 3 is 2.80 bits per heavy atom. The zero-order valence-electron chi connectivity index (χ0n) is 9.66. The SMILES string of the molecule is CC(C)[C@H](N)C(=O)NCC1CCCCO1. The van der Waals surface area contributed by atoms with Crippen LogP contribution in [0.1, 0.15) is 33.1 Å². The van der Waals surface area contributed by atoms with Gasteiger partial charge in [0.25, 0.3) is 0 Å². The summed E-state index contributed by atoms with van der Waals surface area (Å²) in [7, 11) is 0. The molecule has 0 aromatic heterocycles. The average Bonchev–Trinajstić information content (AvgIpc) is 2.26. The number of amides is 1. The zero-order valence-corrected chi connectivity index (χ0v) is 9.66. The van der Waals surface area contributed by atoms with Crippen molar-refractivity contribution in [3.05, 3.63) is 0 Å². The van der Waals surface area contributed by atoms with Crippen molar-refractivity contribution < 1.29 is 9.53 Å². The van der Waals surface area contributed by atoms with Crippen LogP contribution in [0.3, 0.4) is 0 Å². The van der Waals surface area contributed by atoms with Crippen LogP contribution in [-0.4, -0.2) is 31.2 Å². The second-order valence-electron chi connectivity index (χ2n) is 4.50. The van der Waals surface area contributed by atoms with Crippen molar-refractivity contribution in [2.24, 2.45) is 11.7 Å². The molecule has 1 amide bonds. The number of rotatable bonds is 4. The number of hydrogen-bond donors (Lipinski definition) is 2. The van der Waals surface area contributed by atoms with E-state index in [0.717, 1.165) is 19.4 Å². The molecule has 0 spiro atoms. The van der Waals surface area contributed by atoms with E-state index in [1.54, 1.807) is 0 Å². The van der Waals surface area contributed by atoms with Crippen molar-refractivity contribution >= 4 is 5.91 Å². The maximum absolute atomic E-state index is 11.5. The summed E-state index contributed by atoms with van der Waals surface area (Å²) in [6, 6.07) is -0.409. The van der Waals surface area contributed by atoms with Gasteiger partial charge in [-0.2, -0.15) is 0 Å². The summed E-state index contributed by atoms with van der Waals surface area (Å²) in [4.78, 5) is 11.5. The molecular weight excluding hydrogens is 192 g/mol. The summed E-state index contributed by atoms with van der Waals surface area (Å²) < 4.78 is 5.51. The number of nitrogens with two attached hydrogens (primary N) is 1. The van der Waals surface area contributed by atoms with Gasteiger partial charge in [0, 0.05) is 13.2 Å². The topological polar surface area (TPSA) is 64.4 Å². The van der Waals surface area contributed by atoms with Gasteiger partial charge >= 0.3 is 0 Å². The molecule has 1 fully saturated rings. The third kappa shape index (κ3) is 4.18. The molecule has 2 atom stereocenters. The van der Waals surface area contributed by atoms with Crippen molar-refractivity contribution in [1.82, 2.24) is 5.32 Å². The molecule has 1 rings (SSSR count). The monoisotopic (exact) mass is 214 g/mol. The highest BCUT2D eigenvalue weighted by Gasteiger charge is 2.19. The fourth-order valence-corrected chi connectivity index (χ4v) is 1.60. The quantitative estimate of drug-likeness (QED) is 0.722. The number of carbonyl (C=O) groups is 1. The molecule has 1 unspecified atom stereocenters. The highest BCUT2D eigenvalue weighted by atomic mass is 16.5. The van der Waals surface area contributed by atoms with Crippen molar-refractivity contribution in [3.63, 3.8) is 0 Å². The van der Waals surface area contributed by atoms with Gasteiger partial charge in [-0.05, 0) is 25.2 Å². The molecule has 1 heterocycles. The van der Waals surface area contributed by atoms with Gasteiger partial charge in [-0.15, -0.1) is 0 Å². The molecule has 15 heavy (non-hydrogen) atoms. The van der Waals surface area contributed by atoms with Crippen LogP contribution in [0.4, 0.5) is 0 Å². The van der Waals surface area contributed by atoms with Crippen LogP contribution in [0.25, 0.3) is 0 Å². The van der Waals surface area contributed by atoms with Crippen LogP contribution in [-0.2, 0) is 9.53 Å². The third-order valence-corrected chi connectivity index (χ3v) is 2.80. The summed E-state index contributed by atoms with van der Waals surface area (Å²) in [5.74, 6) is 0.108. The molecule has 3 N–H and O–H groups in total. The first kappa shape index (κ1) is 12.5. The van der Waals surface area contributed by atoms with Gasteiger partial charge in [0.05, 0.1) is 12.1 Å². The van der Waals surface area contributed by atoms with Crippen LogP contribution in [0.2, 0.25) is 0 Å². The minimum atomic E-state index is -0.409. The predicted molar refractivity (Wildman–Crippen MR) is 59.4 cm³/mol. The summed E-state index contributed by atoms with van der Waals surface area (Å²) in [6.07, 6.45) is 3.55. The van der Waals surface area contributed by atoms with Gasteiger partial charge in [-0.25, -0.2) is 0 Å². The van der Waals surface area contributed by atoms with Crippen LogP contribution in [0.15, 0.2) is 0 Å². The fourth-order valence-electron chi connectivity index (χ4n) is 1.60. The molecule has 0 saturated carbocycles. The minimum Gasteiger partial charge on any atom is -0.376 e. The van der Waals surface area contributed by atoms with E-state index in [0.29, 0.717) is 6.54 Å². The Bertz CT molecular complexity index is 201. The Labute approximate surface area is 91.5 Å². The van der Waals surface area contributed by atoms with Crippen LogP contribution < -0.4 is 11.1 Å². The lowest BCUT2D eigenvalue weighted by molar-refractivity contribution is -0.124. The Kier molecular flexibility index (Phi) is 5.05. The second-order valence-corrected chi connectivity index (χ2v) is 4.50. The third-order valence-electron chi connectivity index (χ3n) is 2.80. The van der Waals surface area contributed by atoms with Gasteiger partial charge in [0.1, 0.15) is 0 Å². The molecule has 88 valence electrons. The first-order chi connectivity index (χ1) is 7.11. The van der Waals surface area contributed by atoms with Crippen LogP contribution in [0, 0.1) is 5.92 Å².